The quantitative estimate of drug-likeness (QED) is 0.661. The Balaban J connectivity index is 1.65. The standard InChI is InChI=1S/C15H15NO3/c17-15(16-11-13-7-3-1-4-8-13)19-18-12-14-9-5-2-6-10-14/h1-10H,11-12H2,(H,16,17). The summed E-state index contributed by atoms with van der Waals surface area (Å²) in [6.07, 6.45) is -0.597. The lowest BCUT2D eigenvalue weighted by Gasteiger charge is -2.05. The van der Waals surface area contributed by atoms with Gasteiger partial charge in [-0.05, 0) is 11.1 Å². The SMILES string of the molecule is O=C(NCc1ccccc1)OOCc1ccccc1. The molecular weight excluding hydrogens is 242 g/mol. The van der Waals surface area contributed by atoms with Gasteiger partial charge in [-0.3, -0.25) is 4.89 Å². The average molecular weight is 257 g/mol. The number of benzene rings is 2. The van der Waals surface area contributed by atoms with Gasteiger partial charge in [-0.1, -0.05) is 60.7 Å². The predicted molar refractivity (Wildman–Crippen MR) is 71.0 cm³/mol. The smallest absolute Gasteiger partial charge is 0.315 e. The van der Waals surface area contributed by atoms with Gasteiger partial charge in [0.2, 0.25) is 0 Å². The molecule has 0 fully saturated rings. The number of carbonyl (C=O) groups is 1. The number of rotatable bonds is 5. The molecule has 1 N–H and O–H groups in total. The molecule has 2 rings (SSSR count). The van der Waals surface area contributed by atoms with Crippen molar-refractivity contribution in [1.29, 1.82) is 0 Å². The molecule has 2 aromatic carbocycles. The number of hydrogen-bond donors (Lipinski definition) is 1. The summed E-state index contributed by atoms with van der Waals surface area (Å²) in [7, 11) is 0. The van der Waals surface area contributed by atoms with E-state index in [2.05, 4.69) is 10.2 Å². The van der Waals surface area contributed by atoms with Gasteiger partial charge in [0.1, 0.15) is 6.61 Å². The van der Waals surface area contributed by atoms with Crippen molar-refractivity contribution >= 4 is 6.09 Å². The van der Waals surface area contributed by atoms with E-state index in [1.807, 2.05) is 60.7 Å². The van der Waals surface area contributed by atoms with E-state index in [1.54, 1.807) is 0 Å². The number of hydrogen-bond acceptors (Lipinski definition) is 3. The summed E-state index contributed by atoms with van der Waals surface area (Å²) in [6.45, 7) is 0.647. The molecule has 0 radical (unpaired) electrons. The molecule has 0 aliphatic heterocycles. The van der Waals surface area contributed by atoms with Crippen LogP contribution in [0.4, 0.5) is 4.79 Å². The van der Waals surface area contributed by atoms with Crippen LogP contribution in [0.25, 0.3) is 0 Å². The molecule has 0 saturated heterocycles. The van der Waals surface area contributed by atoms with Gasteiger partial charge in [-0.2, -0.15) is 4.89 Å². The molecule has 0 unspecified atom stereocenters. The minimum absolute atomic E-state index is 0.236. The Labute approximate surface area is 111 Å². The van der Waals surface area contributed by atoms with E-state index < -0.39 is 6.09 Å². The summed E-state index contributed by atoms with van der Waals surface area (Å²) in [5.74, 6) is 0. The van der Waals surface area contributed by atoms with Gasteiger partial charge in [0.05, 0.1) is 0 Å². The lowest BCUT2D eigenvalue weighted by atomic mass is 10.2. The first kappa shape index (κ1) is 13.1. The van der Waals surface area contributed by atoms with Crippen LogP contribution in [0.2, 0.25) is 0 Å². The van der Waals surface area contributed by atoms with Crippen LogP contribution in [0.1, 0.15) is 11.1 Å². The zero-order valence-electron chi connectivity index (χ0n) is 10.4. The first-order valence-electron chi connectivity index (χ1n) is 6.00. The molecule has 1 amide bonds. The maximum Gasteiger partial charge on any atom is 0.438 e. The molecule has 19 heavy (non-hydrogen) atoms. The molecule has 0 aliphatic rings. The third kappa shape index (κ3) is 4.81. The van der Waals surface area contributed by atoms with Crippen molar-refractivity contribution in [2.75, 3.05) is 0 Å². The molecule has 0 bridgehead atoms. The second-order valence-electron chi connectivity index (χ2n) is 3.96. The Morgan fingerprint density at radius 2 is 1.47 bits per heavy atom. The van der Waals surface area contributed by atoms with Crippen LogP contribution >= 0.6 is 0 Å². The van der Waals surface area contributed by atoms with Crippen LogP contribution < -0.4 is 5.32 Å². The van der Waals surface area contributed by atoms with E-state index in [-0.39, 0.29) is 6.61 Å². The summed E-state index contributed by atoms with van der Waals surface area (Å²) in [4.78, 5) is 20.8. The van der Waals surface area contributed by atoms with Crippen LogP contribution in [-0.2, 0) is 22.9 Å². The molecule has 0 aromatic heterocycles. The van der Waals surface area contributed by atoms with Crippen LogP contribution in [0, 0.1) is 0 Å². The van der Waals surface area contributed by atoms with Crippen molar-refractivity contribution in [3.05, 3.63) is 71.8 Å². The minimum Gasteiger partial charge on any atom is -0.315 e. The van der Waals surface area contributed by atoms with E-state index in [0.29, 0.717) is 6.54 Å². The Morgan fingerprint density at radius 3 is 2.11 bits per heavy atom. The molecule has 0 aliphatic carbocycles. The van der Waals surface area contributed by atoms with E-state index >= 15 is 0 Å². The van der Waals surface area contributed by atoms with Crippen molar-refractivity contribution in [1.82, 2.24) is 5.32 Å². The molecular formula is C15H15NO3. The molecule has 4 heteroatoms. The second-order valence-corrected chi connectivity index (χ2v) is 3.96. The van der Waals surface area contributed by atoms with Crippen molar-refractivity contribution < 1.29 is 14.6 Å². The van der Waals surface area contributed by atoms with E-state index in [0.717, 1.165) is 11.1 Å². The van der Waals surface area contributed by atoms with Gasteiger partial charge >= 0.3 is 6.09 Å². The highest BCUT2D eigenvalue weighted by atomic mass is 17.2. The van der Waals surface area contributed by atoms with Gasteiger partial charge < -0.3 is 5.32 Å². The Morgan fingerprint density at radius 1 is 0.895 bits per heavy atom. The first-order valence-corrected chi connectivity index (χ1v) is 6.00. The van der Waals surface area contributed by atoms with Crippen LogP contribution in [0.15, 0.2) is 60.7 Å². The zero-order chi connectivity index (χ0) is 13.3. The largest absolute Gasteiger partial charge is 0.438 e. The van der Waals surface area contributed by atoms with Crippen molar-refractivity contribution in [3.63, 3.8) is 0 Å². The lowest BCUT2D eigenvalue weighted by Crippen LogP contribution is -2.23. The van der Waals surface area contributed by atoms with Crippen molar-refractivity contribution in [3.8, 4) is 0 Å². The Bertz CT molecular complexity index is 499. The maximum atomic E-state index is 11.3. The second kappa shape index (κ2) is 7.18. The third-order valence-electron chi connectivity index (χ3n) is 2.48. The molecule has 98 valence electrons. The van der Waals surface area contributed by atoms with Gasteiger partial charge in [0.15, 0.2) is 0 Å². The number of carbonyl (C=O) groups excluding carboxylic acids is 1. The normalized spacial score (nSPS) is 9.89. The monoisotopic (exact) mass is 257 g/mol. The molecule has 0 atom stereocenters. The van der Waals surface area contributed by atoms with Gasteiger partial charge in [0.25, 0.3) is 0 Å². The van der Waals surface area contributed by atoms with Crippen LogP contribution in [0.3, 0.4) is 0 Å². The Hall–Kier alpha value is -2.33. The Kier molecular flexibility index (Phi) is 4.96. The highest BCUT2D eigenvalue weighted by Gasteiger charge is 2.03. The molecule has 0 spiro atoms. The molecule has 2 aromatic rings. The van der Waals surface area contributed by atoms with Gasteiger partial charge in [-0.15, -0.1) is 0 Å². The maximum absolute atomic E-state index is 11.3. The lowest BCUT2D eigenvalue weighted by molar-refractivity contribution is -0.248. The zero-order valence-corrected chi connectivity index (χ0v) is 10.4. The first-order chi connectivity index (χ1) is 9.34. The third-order valence-corrected chi connectivity index (χ3v) is 2.48. The predicted octanol–water partition coefficient (Wildman–Crippen LogP) is 3.04. The number of amides is 1. The van der Waals surface area contributed by atoms with Crippen molar-refractivity contribution in [2.24, 2.45) is 0 Å². The summed E-state index contributed by atoms with van der Waals surface area (Å²) < 4.78 is 0. The fraction of sp³-hybridized carbons (Fsp3) is 0.133. The van der Waals surface area contributed by atoms with E-state index in [1.165, 1.54) is 0 Å². The average Bonchev–Trinajstić information content (AvgIpc) is 2.47. The van der Waals surface area contributed by atoms with Gasteiger partial charge in [0, 0.05) is 6.54 Å². The number of nitrogens with one attached hydrogen (secondary N) is 1. The van der Waals surface area contributed by atoms with E-state index in [9.17, 15) is 4.79 Å². The van der Waals surface area contributed by atoms with E-state index in [4.69, 9.17) is 4.89 Å². The fourth-order valence-electron chi connectivity index (χ4n) is 1.52. The fourth-order valence-corrected chi connectivity index (χ4v) is 1.52. The summed E-state index contributed by atoms with van der Waals surface area (Å²) in [5.41, 5.74) is 1.95. The summed E-state index contributed by atoms with van der Waals surface area (Å²) >= 11 is 0. The molecule has 0 saturated carbocycles. The van der Waals surface area contributed by atoms with Gasteiger partial charge in [-0.25, -0.2) is 4.79 Å². The molecule has 4 nitrogen and oxygen atoms in total. The highest BCUT2D eigenvalue weighted by Crippen LogP contribution is 2.01. The molecule has 0 heterocycles. The topological polar surface area (TPSA) is 47.6 Å². The van der Waals surface area contributed by atoms with Crippen LogP contribution in [0.5, 0.6) is 0 Å². The highest BCUT2D eigenvalue weighted by molar-refractivity contribution is 5.66. The van der Waals surface area contributed by atoms with Crippen molar-refractivity contribution in [2.45, 2.75) is 13.2 Å². The minimum atomic E-state index is -0.597. The summed E-state index contributed by atoms with van der Waals surface area (Å²) in [6, 6.07) is 19.1. The summed E-state index contributed by atoms with van der Waals surface area (Å²) in [5, 5.41) is 2.60. The van der Waals surface area contributed by atoms with Crippen LogP contribution in [-0.4, -0.2) is 6.09 Å².